The maximum absolute atomic E-state index is 5.97. The molecule has 0 aromatic carbocycles. The summed E-state index contributed by atoms with van der Waals surface area (Å²) in [5.74, 6) is 4.00. The van der Waals surface area contributed by atoms with Crippen molar-refractivity contribution in [3.8, 4) is 5.75 Å². The van der Waals surface area contributed by atoms with Crippen LogP contribution in [-0.2, 0) is 0 Å². The van der Waals surface area contributed by atoms with Crippen molar-refractivity contribution in [2.75, 3.05) is 29.9 Å². The van der Waals surface area contributed by atoms with E-state index in [0.717, 1.165) is 36.3 Å². The molecule has 0 radical (unpaired) electrons. The summed E-state index contributed by atoms with van der Waals surface area (Å²) in [7, 11) is 0. The Morgan fingerprint density at radius 3 is 2.68 bits per heavy atom. The van der Waals surface area contributed by atoms with Gasteiger partial charge in [0.15, 0.2) is 11.6 Å². The van der Waals surface area contributed by atoms with Gasteiger partial charge < -0.3 is 15.0 Å². The second-order valence-corrected chi connectivity index (χ2v) is 5.77. The minimum absolute atomic E-state index is 0.327. The molecule has 5 heteroatoms. The normalized spacial score (nSPS) is 22.1. The Balaban J connectivity index is 1.95. The van der Waals surface area contributed by atoms with Crippen LogP contribution in [0, 0.1) is 12.8 Å². The Bertz CT molecular complexity index is 469. The number of aromatic nitrogens is 2. The Morgan fingerprint density at radius 2 is 2.00 bits per heavy atom. The Labute approximate surface area is 114 Å². The molecule has 0 spiro atoms. The summed E-state index contributed by atoms with van der Waals surface area (Å²) in [4.78, 5) is 11.4. The third-order valence-electron chi connectivity index (χ3n) is 3.90. The van der Waals surface area contributed by atoms with E-state index < -0.39 is 0 Å². The molecule has 1 N–H and O–H groups in total. The van der Waals surface area contributed by atoms with E-state index in [9.17, 15) is 0 Å². The molecule has 1 unspecified atom stereocenters. The highest BCUT2D eigenvalue weighted by molar-refractivity contribution is 5.67. The largest absolute Gasteiger partial charge is 0.484 e. The molecule has 0 aliphatic carbocycles. The molecule has 2 aliphatic rings. The fourth-order valence-electron chi connectivity index (χ4n) is 2.67. The number of fused-ring (bicyclic) bond motifs is 1. The van der Waals surface area contributed by atoms with Gasteiger partial charge in [-0.25, -0.2) is 9.97 Å². The number of anilines is 2. The first-order valence-corrected chi connectivity index (χ1v) is 7.18. The molecule has 1 aromatic rings. The van der Waals surface area contributed by atoms with Gasteiger partial charge in [0.25, 0.3) is 0 Å². The van der Waals surface area contributed by atoms with E-state index in [1.807, 2.05) is 6.92 Å². The van der Waals surface area contributed by atoms with Crippen LogP contribution in [0.2, 0.25) is 0 Å². The number of hydrogen-bond acceptors (Lipinski definition) is 5. The van der Waals surface area contributed by atoms with Crippen molar-refractivity contribution in [1.82, 2.24) is 9.97 Å². The zero-order valence-electron chi connectivity index (χ0n) is 11.9. The number of nitrogens with zero attached hydrogens (tertiary/aromatic N) is 3. The van der Waals surface area contributed by atoms with Gasteiger partial charge in [0.1, 0.15) is 12.4 Å². The monoisotopic (exact) mass is 262 g/mol. The first kappa shape index (κ1) is 12.5. The summed E-state index contributed by atoms with van der Waals surface area (Å²) in [6.45, 7) is 9.17. The summed E-state index contributed by atoms with van der Waals surface area (Å²) in [6, 6.07) is 0.327. The lowest BCUT2D eigenvalue weighted by atomic mass is 10.0. The number of nitrogens with one attached hydrogen (secondary N) is 1. The molecule has 3 rings (SSSR count). The minimum atomic E-state index is 0.327. The Morgan fingerprint density at radius 1 is 1.26 bits per heavy atom. The molecule has 0 amide bonds. The highest BCUT2D eigenvalue weighted by atomic mass is 16.5. The predicted octanol–water partition coefficient (Wildman–Crippen LogP) is 2.21. The van der Waals surface area contributed by atoms with Crippen LogP contribution in [0.4, 0.5) is 11.6 Å². The summed E-state index contributed by atoms with van der Waals surface area (Å²) in [5.41, 5.74) is 0. The van der Waals surface area contributed by atoms with Crippen LogP contribution in [0.3, 0.4) is 0 Å². The fraction of sp³-hybridized carbons (Fsp3) is 0.714. The first-order valence-electron chi connectivity index (χ1n) is 7.18. The minimum Gasteiger partial charge on any atom is -0.484 e. The Kier molecular flexibility index (Phi) is 3.21. The lowest BCUT2D eigenvalue weighted by Gasteiger charge is -2.31. The van der Waals surface area contributed by atoms with Crippen molar-refractivity contribution < 1.29 is 4.74 Å². The van der Waals surface area contributed by atoms with Crippen LogP contribution in [0.15, 0.2) is 0 Å². The number of aryl methyl sites for hydroxylation is 1. The van der Waals surface area contributed by atoms with Gasteiger partial charge in [-0.05, 0) is 25.7 Å². The van der Waals surface area contributed by atoms with Gasteiger partial charge in [-0.2, -0.15) is 0 Å². The highest BCUT2D eigenvalue weighted by Crippen LogP contribution is 2.38. The lowest BCUT2D eigenvalue weighted by Crippen LogP contribution is -2.37. The quantitative estimate of drug-likeness (QED) is 0.885. The maximum Gasteiger partial charge on any atom is 0.204 e. The second kappa shape index (κ2) is 4.87. The zero-order valence-corrected chi connectivity index (χ0v) is 11.9. The maximum atomic E-state index is 5.97. The third-order valence-corrected chi connectivity index (χ3v) is 3.90. The van der Waals surface area contributed by atoms with Crippen LogP contribution in [0.1, 0.15) is 32.5 Å². The number of rotatable bonds is 2. The van der Waals surface area contributed by atoms with Gasteiger partial charge in [-0.1, -0.05) is 13.8 Å². The van der Waals surface area contributed by atoms with E-state index in [2.05, 4.69) is 34.0 Å². The molecule has 1 fully saturated rings. The molecule has 0 bridgehead atoms. The van der Waals surface area contributed by atoms with Crippen LogP contribution >= 0.6 is 0 Å². The molecule has 1 aromatic heterocycles. The van der Waals surface area contributed by atoms with Crippen molar-refractivity contribution in [3.63, 3.8) is 0 Å². The van der Waals surface area contributed by atoms with Gasteiger partial charge in [0.2, 0.25) is 5.75 Å². The zero-order chi connectivity index (χ0) is 13.4. The van der Waals surface area contributed by atoms with E-state index in [1.165, 1.54) is 12.8 Å². The number of hydrogen-bond donors (Lipinski definition) is 1. The predicted molar refractivity (Wildman–Crippen MR) is 76.0 cm³/mol. The van der Waals surface area contributed by atoms with Crippen molar-refractivity contribution in [3.05, 3.63) is 5.82 Å². The average Bonchev–Trinajstić information content (AvgIpc) is 2.90. The number of ether oxygens (including phenoxy) is 1. The van der Waals surface area contributed by atoms with Crippen LogP contribution in [0.25, 0.3) is 0 Å². The molecule has 5 nitrogen and oxygen atoms in total. The van der Waals surface area contributed by atoms with Crippen LogP contribution in [0.5, 0.6) is 5.75 Å². The molecule has 3 heterocycles. The summed E-state index contributed by atoms with van der Waals surface area (Å²) in [6.07, 6.45) is 2.47. The van der Waals surface area contributed by atoms with Crippen molar-refractivity contribution in [2.45, 2.75) is 39.7 Å². The highest BCUT2D eigenvalue weighted by Gasteiger charge is 2.28. The van der Waals surface area contributed by atoms with Crippen molar-refractivity contribution in [2.24, 2.45) is 5.92 Å². The smallest absolute Gasteiger partial charge is 0.204 e. The summed E-state index contributed by atoms with van der Waals surface area (Å²) >= 11 is 0. The Hall–Kier alpha value is -1.52. The molecular weight excluding hydrogens is 240 g/mol. The third kappa shape index (κ3) is 2.33. The lowest BCUT2D eigenvalue weighted by molar-refractivity contribution is 0.255. The van der Waals surface area contributed by atoms with Crippen LogP contribution < -0.4 is 15.0 Å². The average molecular weight is 262 g/mol. The first-order chi connectivity index (χ1) is 9.15. The molecular formula is C14H22N4O. The van der Waals surface area contributed by atoms with E-state index in [4.69, 9.17) is 4.74 Å². The molecule has 19 heavy (non-hydrogen) atoms. The topological polar surface area (TPSA) is 50.3 Å². The summed E-state index contributed by atoms with van der Waals surface area (Å²) in [5, 5.41) is 3.50. The molecule has 1 saturated heterocycles. The van der Waals surface area contributed by atoms with Gasteiger partial charge in [0.05, 0.1) is 6.04 Å². The van der Waals surface area contributed by atoms with Gasteiger partial charge >= 0.3 is 0 Å². The summed E-state index contributed by atoms with van der Waals surface area (Å²) < 4.78 is 5.97. The molecule has 2 aliphatic heterocycles. The fourth-order valence-corrected chi connectivity index (χ4v) is 2.67. The second-order valence-electron chi connectivity index (χ2n) is 5.77. The van der Waals surface area contributed by atoms with E-state index in [1.54, 1.807) is 0 Å². The standard InChI is InChI=1S/C14H22N4O/c1-9(2)11-8-19-12-13(17-11)15-10(3)16-14(12)18-6-4-5-7-18/h9,11H,4-8H2,1-3H3,(H,15,16,17). The van der Waals surface area contributed by atoms with E-state index in [-0.39, 0.29) is 0 Å². The molecule has 0 saturated carbocycles. The van der Waals surface area contributed by atoms with Crippen LogP contribution in [-0.4, -0.2) is 35.7 Å². The SMILES string of the molecule is Cc1nc2c(c(N3CCCC3)n1)OCC(C(C)C)N2. The van der Waals surface area contributed by atoms with Crippen molar-refractivity contribution >= 4 is 11.6 Å². The van der Waals surface area contributed by atoms with Crippen molar-refractivity contribution in [1.29, 1.82) is 0 Å². The molecule has 104 valence electrons. The molecule has 1 atom stereocenters. The van der Waals surface area contributed by atoms with Gasteiger partial charge in [-0.3, -0.25) is 0 Å². The van der Waals surface area contributed by atoms with E-state index >= 15 is 0 Å². The van der Waals surface area contributed by atoms with Gasteiger partial charge in [-0.15, -0.1) is 0 Å². The van der Waals surface area contributed by atoms with E-state index in [0.29, 0.717) is 18.6 Å². The van der Waals surface area contributed by atoms with Gasteiger partial charge in [0, 0.05) is 13.1 Å².